The minimum atomic E-state index is -0.128. The van der Waals surface area contributed by atoms with E-state index in [0.29, 0.717) is 41.7 Å². The zero-order valence-corrected chi connectivity index (χ0v) is 13.5. The summed E-state index contributed by atoms with van der Waals surface area (Å²) in [5, 5.41) is 12.2. The highest BCUT2D eigenvalue weighted by molar-refractivity contribution is 5.93. The minimum Gasteiger partial charge on any atom is -0.339 e. The van der Waals surface area contributed by atoms with Crippen LogP contribution in [0.2, 0.25) is 0 Å². The molecule has 0 atom stereocenters. The van der Waals surface area contributed by atoms with Gasteiger partial charge in [0, 0.05) is 19.2 Å². The van der Waals surface area contributed by atoms with Gasteiger partial charge in [0.25, 0.3) is 5.91 Å². The molecule has 0 aliphatic carbocycles. The summed E-state index contributed by atoms with van der Waals surface area (Å²) in [4.78, 5) is 22.7. The van der Waals surface area contributed by atoms with Gasteiger partial charge in [-0.1, -0.05) is 12.1 Å². The van der Waals surface area contributed by atoms with Gasteiger partial charge in [0.2, 0.25) is 0 Å². The number of benzene rings is 1. The second kappa shape index (κ2) is 7.36. The highest BCUT2D eigenvalue weighted by Crippen LogP contribution is 2.19. The summed E-state index contributed by atoms with van der Waals surface area (Å²) < 4.78 is 0. The average Bonchev–Trinajstić information content (AvgIpc) is 2.56. The molecule has 0 radical (unpaired) electrons. The van der Waals surface area contributed by atoms with Crippen molar-refractivity contribution in [3.05, 3.63) is 47.4 Å². The number of amides is 1. The van der Waals surface area contributed by atoms with E-state index in [0.717, 1.165) is 0 Å². The van der Waals surface area contributed by atoms with Crippen LogP contribution in [0.4, 0.5) is 11.5 Å². The van der Waals surface area contributed by atoms with E-state index in [9.17, 15) is 4.79 Å². The van der Waals surface area contributed by atoms with Gasteiger partial charge in [-0.25, -0.2) is 9.97 Å². The van der Waals surface area contributed by atoms with Gasteiger partial charge in [-0.05, 0) is 32.9 Å². The Morgan fingerprint density at radius 1 is 1.26 bits per heavy atom. The van der Waals surface area contributed by atoms with Crippen LogP contribution >= 0.6 is 0 Å². The maximum atomic E-state index is 12.4. The van der Waals surface area contributed by atoms with Gasteiger partial charge in [0.15, 0.2) is 0 Å². The molecule has 1 N–H and O–H groups in total. The molecule has 2 rings (SSSR count). The first-order valence-electron chi connectivity index (χ1n) is 7.50. The van der Waals surface area contributed by atoms with Crippen LogP contribution in [-0.4, -0.2) is 33.9 Å². The van der Waals surface area contributed by atoms with Crippen molar-refractivity contribution in [1.29, 1.82) is 5.26 Å². The maximum absolute atomic E-state index is 12.4. The molecular formula is C17H19N5O. The molecule has 1 heterocycles. The first kappa shape index (κ1) is 16.4. The fourth-order valence-corrected chi connectivity index (χ4v) is 2.24. The van der Waals surface area contributed by atoms with Crippen LogP contribution in [0.3, 0.4) is 0 Å². The third-order valence-corrected chi connectivity index (χ3v) is 3.42. The Morgan fingerprint density at radius 3 is 2.61 bits per heavy atom. The number of nitrogens with zero attached hydrogens (tertiary/aromatic N) is 4. The zero-order valence-electron chi connectivity index (χ0n) is 13.5. The fraction of sp³-hybridized carbons (Fsp3) is 0.294. The Hall–Kier alpha value is -2.94. The van der Waals surface area contributed by atoms with Crippen LogP contribution < -0.4 is 5.32 Å². The molecule has 0 spiro atoms. The predicted octanol–water partition coefficient (Wildman–Crippen LogP) is 2.88. The van der Waals surface area contributed by atoms with E-state index in [4.69, 9.17) is 5.26 Å². The third kappa shape index (κ3) is 3.83. The Kier molecular flexibility index (Phi) is 5.26. The van der Waals surface area contributed by atoms with Gasteiger partial charge >= 0.3 is 0 Å². The van der Waals surface area contributed by atoms with Gasteiger partial charge in [-0.3, -0.25) is 4.79 Å². The van der Waals surface area contributed by atoms with E-state index < -0.39 is 0 Å². The molecule has 0 saturated carbocycles. The number of aromatic nitrogens is 2. The quantitative estimate of drug-likeness (QED) is 0.918. The Balaban J connectivity index is 2.34. The molecule has 0 aliphatic heterocycles. The van der Waals surface area contributed by atoms with Crippen molar-refractivity contribution in [3.8, 4) is 6.07 Å². The van der Waals surface area contributed by atoms with Crippen molar-refractivity contribution in [2.75, 3.05) is 18.4 Å². The Labute approximate surface area is 135 Å². The summed E-state index contributed by atoms with van der Waals surface area (Å²) in [6.07, 6.45) is 0. The van der Waals surface area contributed by atoms with Gasteiger partial charge < -0.3 is 10.2 Å². The van der Waals surface area contributed by atoms with Crippen LogP contribution in [-0.2, 0) is 0 Å². The molecule has 6 heteroatoms. The Morgan fingerprint density at radius 2 is 1.96 bits per heavy atom. The van der Waals surface area contributed by atoms with Gasteiger partial charge in [-0.15, -0.1) is 0 Å². The molecular weight excluding hydrogens is 290 g/mol. The number of nitriles is 1. The molecule has 6 nitrogen and oxygen atoms in total. The lowest BCUT2D eigenvalue weighted by Crippen LogP contribution is -2.31. The van der Waals surface area contributed by atoms with Gasteiger partial charge in [0.05, 0.1) is 11.3 Å². The van der Waals surface area contributed by atoms with Crippen LogP contribution in [0.15, 0.2) is 30.3 Å². The van der Waals surface area contributed by atoms with Crippen molar-refractivity contribution in [3.63, 3.8) is 0 Å². The highest BCUT2D eigenvalue weighted by atomic mass is 16.2. The maximum Gasteiger partial charge on any atom is 0.272 e. The Bertz CT molecular complexity index is 747. The number of carbonyl (C=O) groups excluding carboxylic acids is 1. The van der Waals surface area contributed by atoms with E-state index in [2.05, 4.69) is 21.4 Å². The number of rotatable bonds is 5. The van der Waals surface area contributed by atoms with Crippen LogP contribution in [0, 0.1) is 18.3 Å². The largest absolute Gasteiger partial charge is 0.339 e. The molecule has 0 saturated heterocycles. The molecule has 23 heavy (non-hydrogen) atoms. The molecule has 1 aromatic carbocycles. The number of hydrogen-bond acceptors (Lipinski definition) is 5. The second-order valence-electron chi connectivity index (χ2n) is 4.95. The monoisotopic (exact) mass is 309 g/mol. The lowest BCUT2D eigenvalue weighted by molar-refractivity contribution is 0.0766. The molecule has 1 aromatic heterocycles. The summed E-state index contributed by atoms with van der Waals surface area (Å²) in [5.74, 6) is 0.868. The van der Waals surface area contributed by atoms with Crippen molar-refractivity contribution >= 4 is 17.4 Å². The average molecular weight is 309 g/mol. The molecule has 0 bridgehead atoms. The van der Waals surface area contributed by atoms with E-state index in [1.165, 1.54) is 0 Å². The second-order valence-corrected chi connectivity index (χ2v) is 4.95. The highest BCUT2D eigenvalue weighted by Gasteiger charge is 2.16. The first-order valence-corrected chi connectivity index (χ1v) is 7.50. The van der Waals surface area contributed by atoms with E-state index in [-0.39, 0.29) is 5.91 Å². The predicted molar refractivity (Wildman–Crippen MR) is 88.5 cm³/mol. The van der Waals surface area contributed by atoms with Crippen molar-refractivity contribution < 1.29 is 4.79 Å². The molecule has 0 aliphatic rings. The fourth-order valence-electron chi connectivity index (χ4n) is 2.24. The summed E-state index contributed by atoms with van der Waals surface area (Å²) >= 11 is 0. The molecule has 0 unspecified atom stereocenters. The van der Waals surface area contributed by atoms with Gasteiger partial charge in [0.1, 0.15) is 23.4 Å². The number of nitrogens with one attached hydrogen (secondary N) is 1. The lowest BCUT2D eigenvalue weighted by Gasteiger charge is -2.18. The number of hydrogen-bond donors (Lipinski definition) is 1. The summed E-state index contributed by atoms with van der Waals surface area (Å²) in [7, 11) is 0. The molecule has 1 amide bonds. The summed E-state index contributed by atoms with van der Waals surface area (Å²) in [6.45, 7) is 6.84. The van der Waals surface area contributed by atoms with Crippen LogP contribution in [0.1, 0.15) is 35.7 Å². The minimum absolute atomic E-state index is 0.128. The number of anilines is 2. The van der Waals surface area contributed by atoms with Gasteiger partial charge in [-0.2, -0.15) is 5.26 Å². The summed E-state index contributed by atoms with van der Waals surface area (Å²) in [6, 6.07) is 10.9. The molecule has 118 valence electrons. The van der Waals surface area contributed by atoms with Crippen molar-refractivity contribution in [2.24, 2.45) is 0 Å². The van der Waals surface area contributed by atoms with Crippen LogP contribution in [0.5, 0.6) is 0 Å². The first-order chi connectivity index (χ1) is 11.1. The normalized spacial score (nSPS) is 10.0. The SMILES string of the molecule is CCN(CC)C(=O)c1cc(Nc2ccccc2C#N)nc(C)n1. The van der Waals surface area contributed by atoms with E-state index in [1.807, 2.05) is 19.9 Å². The standard InChI is InChI=1S/C17H19N5O/c1-4-22(5-2)17(23)15-10-16(20-12(3)19-15)21-14-9-7-6-8-13(14)11-18/h6-10H,4-5H2,1-3H3,(H,19,20,21). The van der Waals surface area contributed by atoms with Crippen molar-refractivity contribution in [1.82, 2.24) is 14.9 Å². The topological polar surface area (TPSA) is 81.9 Å². The molecule has 2 aromatic rings. The van der Waals surface area contributed by atoms with E-state index >= 15 is 0 Å². The van der Waals surface area contributed by atoms with Crippen LogP contribution in [0.25, 0.3) is 0 Å². The summed E-state index contributed by atoms with van der Waals surface area (Å²) in [5.41, 5.74) is 1.51. The van der Waals surface area contributed by atoms with E-state index in [1.54, 1.807) is 36.1 Å². The zero-order chi connectivity index (χ0) is 16.8. The number of aryl methyl sites for hydroxylation is 1. The lowest BCUT2D eigenvalue weighted by atomic mass is 10.2. The smallest absolute Gasteiger partial charge is 0.272 e. The third-order valence-electron chi connectivity index (χ3n) is 3.42. The number of carbonyl (C=O) groups is 1. The van der Waals surface area contributed by atoms with Crippen molar-refractivity contribution in [2.45, 2.75) is 20.8 Å². The molecule has 0 fully saturated rings. The number of para-hydroxylation sites is 1.